The molecule has 1 aromatic heterocycles. The van der Waals surface area contributed by atoms with Crippen molar-refractivity contribution in [3.63, 3.8) is 0 Å². The minimum absolute atomic E-state index is 0.0570. The average Bonchev–Trinajstić information content (AvgIpc) is 2.93. The fraction of sp³-hybridized carbons (Fsp3) is 0.500. The molecule has 138 valence electrons. The number of nitrogens with zero attached hydrogens (tertiary/aromatic N) is 3. The van der Waals surface area contributed by atoms with Crippen molar-refractivity contribution in [2.24, 2.45) is 5.92 Å². The Morgan fingerprint density at radius 2 is 1.92 bits per heavy atom. The number of nitrogens with one attached hydrogen (secondary N) is 1. The Labute approximate surface area is 152 Å². The predicted octanol–water partition coefficient (Wildman–Crippen LogP) is 2.71. The van der Waals surface area contributed by atoms with Gasteiger partial charge in [-0.05, 0) is 42.9 Å². The van der Waals surface area contributed by atoms with Crippen LogP contribution in [0, 0.1) is 11.7 Å². The summed E-state index contributed by atoms with van der Waals surface area (Å²) in [6, 6.07) is 4.77. The summed E-state index contributed by atoms with van der Waals surface area (Å²) < 4.78 is 41.8. The van der Waals surface area contributed by atoms with E-state index in [2.05, 4.69) is 33.3 Å². The summed E-state index contributed by atoms with van der Waals surface area (Å²) in [7, 11) is -3.62. The van der Waals surface area contributed by atoms with E-state index >= 15 is 0 Å². The van der Waals surface area contributed by atoms with E-state index in [9.17, 15) is 12.8 Å². The van der Waals surface area contributed by atoms with Gasteiger partial charge in [-0.2, -0.15) is 0 Å². The highest BCUT2D eigenvalue weighted by Crippen LogP contribution is 2.17. The van der Waals surface area contributed by atoms with Crippen LogP contribution in [0.15, 0.2) is 34.3 Å². The normalized spacial score (nSPS) is 12.0. The Hall–Kier alpha value is -1.45. The van der Waals surface area contributed by atoms with E-state index in [-0.39, 0.29) is 11.4 Å². The third-order valence-electron chi connectivity index (χ3n) is 3.52. The van der Waals surface area contributed by atoms with Gasteiger partial charge in [-0.1, -0.05) is 25.6 Å². The van der Waals surface area contributed by atoms with Crippen molar-refractivity contribution >= 4 is 21.8 Å². The van der Waals surface area contributed by atoms with E-state index in [0.717, 1.165) is 29.7 Å². The SMILES string of the molecule is CSc1nnc(CCCNS(=O)(=O)c2ccc(F)cc2)n1CC(C)C. The van der Waals surface area contributed by atoms with E-state index in [1.54, 1.807) is 11.8 Å². The lowest BCUT2D eigenvalue weighted by molar-refractivity contribution is 0.477. The van der Waals surface area contributed by atoms with Crippen LogP contribution in [0.3, 0.4) is 0 Å². The standard InChI is InChI=1S/C16H23FN4O2S2/c1-12(2)11-21-15(19-20-16(21)24-3)5-4-10-18-25(22,23)14-8-6-13(17)7-9-14/h6-9,12,18H,4-5,10-11H2,1-3H3. The second kappa shape index (κ2) is 8.77. The van der Waals surface area contributed by atoms with Crippen molar-refractivity contribution in [2.75, 3.05) is 12.8 Å². The Balaban J connectivity index is 1.93. The number of benzene rings is 1. The fourth-order valence-corrected chi connectivity index (χ4v) is 3.95. The highest BCUT2D eigenvalue weighted by molar-refractivity contribution is 7.98. The zero-order valence-electron chi connectivity index (χ0n) is 14.6. The molecule has 1 heterocycles. The van der Waals surface area contributed by atoms with Crippen molar-refractivity contribution in [3.8, 4) is 0 Å². The van der Waals surface area contributed by atoms with Gasteiger partial charge in [0.05, 0.1) is 4.90 Å². The molecule has 0 saturated heterocycles. The highest BCUT2D eigenvalue weighted by atomic mass is 32.2. The van der Waals surface area contributed by atoms with Gasteiger partial charge >= 0.3 is 0 Å². The molecule has 1 aromatic carbocycles. The van der Waals surface area contributed by atoms with Gasteiger partial charge in [0.2, 0.25) is 10.0 Å². The number of sulfonamides is 1. The third kappa shape index (κ3) is 5.52. The first-order valence-electron chi connectivity index (χ1n) is 8.05. The summed E-state index contributed by atoms with van der Waals surface area (Å²) in [5, 5.41) is 9.26. The molecule has 2 rings (SSSR count). The van der Waals surface area contributed by atoms with Crippen LogP contribution in [0.2, 0.25) is 0 Å². The van der Waals surface area contributed by atoms with Crippen molar-refractivity contribution in [3.05, 3.63) is 35.9 Å². The lowest BCUT2D eigenvalue weighted by Crippen LogP contribution is -2.25. The van der Waals surface area contributed by atoms with Gasteiger partial charge in [-0.15, -0.1) is 10.2 Å². The summed E-state index contributed by atoms with van der Waals surface area (Å²) in [4.78, 5) is 0.0570. The Kier molecular flexibility index (Phi) is 6.97. The molecule has 0 radical (unpaired) electrons. The maximum Gasteiger partial charge on any atom is 0.240 e. The number of thioether (sulfide) groups is 1. The molecule has 2 aromatic rings. The molecule has 0 spiro atoms. The van der Waals surface area contributed by atoms with Crippen molar-refractivity contribution < 1.29 is 12.8 Å². The van der Waals surface area contributed by atoms with Gasteiger partial charge in [0.25, 0.3) is 0 Å². The van der Waals surface area contributed by atoms with Crippen molar-refractivity contribution in [1.82, 2.24) is 19.5 Å². The molecule has 0 atom stereocenters. The number of aryl methyl sites for hydroxylation is 1. The van der Waals surface area contributed by atoms with Crippen LogP contribution in [-0.4, -0.2) is 36.0 Å². The molecule has 9 heteroatoms. The summed E-state index contributed by atoms with van der Waals surface area (Å²) in [6.45, 7) is 5.37. The van der Waals surface area contributed by atoms with Crippen LogP contribution in [0.25, 0.3) is 0 Å². The van der Waals surface area contributed by atoms with Crippen LogP contribution in [0.4, 0.5) is 4.39 Å². The van der Waals surface area contributed by atoms with E-state index in [1.807, 2.05) is 6.26 Å². The summed E-state index contributed by atoms with van der Waals surface area (Å²) in [5.41, 5.74) is 0. The van der Waals surface area contributed by atoms with Crippen molar-refractivity contribution in [2.45, 2.75) is 43.3 Å². The van der Waals surface area contributed by atoms with Crippen LogP contribution in [0.1, 0.15) is 26.1 Å². The van der Waals surface area contributed by atoms with Crippen LogP contribution in [0.5, 0.6) is 0 Å². The molecule has 6 nitrogen and oxygen atoms in total. The van der Waals surface area contributed by atoms with E-state index in [4.69, 9.17) is 0 Å². The minimum atomic E-state index is -3.62. The third-order valence-corrected chi connectivity index (χ3v) is 5.66. The van der Waals surface area contributed by atoms with E-state index in [0.29, 0.717) is 18.8 Å². The summed E-state index contributed by atoms with van der Waals surface area (Å²) >= 11 is 1.55. The Bertz CT molecular complexity index is 789. The molecule has 0 aliphatic carbocycles. The van der Waals surface area contributed by atoms with Gasteiger partial charge in [0.15, 0.2) is 5.16 Å². The zero-order valence-corrected chi connectivity index (χ0v) is 16.2. The lowest BCUT2D eigenvalue weighted by atomic mass is 10.2. The van der Waals surface area contributed by atoms with E-state index in [1.165, 1.54) is 12.1 Å². The Morgan fingerprint density at radius 1 is 1.24 bits per heavy atom. The molecule has 0 aliphatic heterocycles. The molecule has 1 N–H and O–H groups in total. The van der Waals surface area contributed by atoms with Crippen LogP contribution < -0.4 is 4.72 Å². The smallest absolute Gasteiger partial charge is 0.240 e. The Morgan fingerprint density at radius 3 is 2.52 bits per heavy atom. The first-order valence-corrected chi connectivity index (χ1v) is 10.8. The van der Waals surface area contributed by atoms with Gasteiger partial charge < -0.3 is 4.57 Å². The first-order chi connectivity index (χ1) is 11.8. The first kappa shape index (κ1) is 19.9. The molecule has 0 unspecified atom stereocenters. The highest BCUT2D eigenvalue weighted by Gasteiger charge is 2.15. The molecule has 0 fully saturated rings. The molecule has 0 amide bonds. The molecular formula is C16H23FN4O2S2. The maximum absolute atomic E-state index is 12.9. The topological polar surface area (TPSA) is 76.9 Å². The fourth-order valence-electron chi connectivity index (χ4n) is 2.35. The van der Waals surface area contributed by atoms with E-state index < -0.39 is 15.8 Å². The number of aromatic nitrogens is 3. The molecule has 0 bridgehead atoms. The predicted molar refractivity (Wildman–Crippen MR) is 96.6 cm³/mol. The number of halogens is 1. The van der Waals surface area contributed by atoms with Crippen molar-refractivity contribution in [1.29, 1.82) is 0 Å². The average molecular weight is 387 g/mol. The monoisotopic (exact) mass is 386 g/mol. The number of hydrogen-bond acceptors (Lipinski definition) is 5. The number of rotatable bonds is 9. The molecule has 0 aliphatic rings. The van der Waals surface area contributed by atoms with Gasteiger partial charge in [0, 0.05) is 19.5 Å². The minimum Gasteiger partial charge on any atom is -0.306 e. The second-order valence-electron chi connectivity index (χ2n) is 6.06. The molecule has 25 heavy (non-hydrogen) atoms. The zero-order chi connectivity index (χ0) is 18.4. The number of hydrogen-bond donors (Lipinski definition) is 1. The second-order valence-corrected chi connectivity index (χ2v) is 8.60. The molecule has 0 saturated carbocycles. The molecular weight excluding hydrogens is 363 g/mol. The van der Waals surface area contributed by atoms with Gasteiger partial charge in [-0.3, -0.25) is 0 Å². The lowest BCUT2D eigenvalue weighted by Gasteiger charge is -2.12. The van der Waals surface area contributed by atoms with Gasteiger partial charge in [-0.25, -0.2) is 17.5 Å². The maximum atomic E-state index is 12.9. The van der Waals surface area contributed by atoms with Gasteiger partial charge in [0.1, 0.15) is 11.6 Å². The summed E-state index contributed by atoms with van der Waals surface area (Å²) in [5.74, 6) is 0.865. The van der Waals surface area contributed by atoms with Crippen LogP contribution >= 0.6 is 11.8 Å². The van der Waals surface area contributed by atoms with Crippen LogP contribution in [-0.2, 0) is 23.0 Å². The largest absolute Gasteiger partial charge is 0.306 e. The summed E-state index contributed by atoms with van der Waals surface area (Å²) in [6.07, 6.45) is 3.19. The quantitative estimate of drug-likeness (QED) is 0.530.